The number of anilines is 1. The van der Waals surface area contributed by atoms with Gasteiger partial charge in [0.25, 0.3) is 0 Å². The van der Waals surface area contributed by atoms with Crippen molar-refractivity contribution in [3.8, 4) is 0 Å². The van der Waals surface area contributed by atoms with Crippen LogP contribution in [0.1, 0.15) is 15.2 Å². The summed E-state index contributed by atoms with van der Waals surface area (Å²) in [5.41, 5.74) is -0.684. The number of benzene rings is 1. The summed E-state index contributed by atoms with van der Waals surface area (Å²) in [6, 6.07) is 5.81. The maximum Gasteiger partial charge on any atom is 0.338 e. The minimum absolute atomic E-state index is 0.00276. The molecule has 0 aliphatic carbocycles. The third-order valence-electron chi connectivity index (χ3n) is 2.73. The number of hydrogen-bond donors (Lipinski definition) is 1. The molecule has 0 saturated heterocycles. The van der Waals surface area contributed by atoms with Crippen molar-refractivity contribution < 1.29 is 18.7 Å². The summed E-state index contributed by atoms with van der Waals surface area (Å²) in [6.45, 7) is 0.347. The molecular weight excluding hydrogens is 308 g/mol. The van der Waals surface area contributed by atoms with Gasteiger partial charge in [0, 0.05) is 11.9 Å². The van der Waals surface area contributed by atoms with Crippen molar-refractivity contribution in [2.45, 2.75) is 6.54 Å². The van der Waals surface area contributed by atoms with Crippen molar-refractivity contribution in [1.82, 2.24) is 0 Å². The van der Waals surface area contributed by atoms with Gasteiger partial charge in [-0.05, 0) is 24.3 Å². The molecule has 0 fully saturated rings. The summed E-state index contributed by atoms with van der Waals surface area (Å²) in [6.07, 6.45) is 0. The first-order chi connectivity index (χ1) is 9.40. The number of rotatable bonds is 4. The lowest BCUT2D eigenvalue weighted by atomic mass is 10.1. The number of thiophene rings is 1. The lowest BCUT2D eigenvalue weighted by molar-refractivity contribution is 0.0690. The van der Waals surface area contributed by atoms with Crippen molar-refractivity contribution in [3.63, 3.8) is 0 Å². The molecule has 7 heteroatoms. The molecular formula is C13H10ClF2NO2S. The maximum atomic E-state index is 13.9. The van der Waals surface area contributed by atoms with Gasteiger partial charge in [-0.15, -0.1) is 11.3 Å². The van der Waals surface area contributed by atoms with Gasteiger partial charge in [0.15, 0.2) is 11.6 Å². The Morgan fingerprint density at radius 2 is 2.00 bits per heavy atom. The lowest BCUT2D eigenvalue weighted by Gasteiger charge is -2.19. The molecule has 20 heavy (non-hydrogen) atoms. The molecule has 0 saturated carbocycles. The van der Waals surface area contributed by atoms with Crippen LogP contribution in [0.3, 0.4) is 0 Å². The third kappa shape index (κ3) is 2.91. The van der Waals surface area contributed by atoms with Gasteiger partial charge in [-0.3, -0.25) is 0 Å². The van der Waals surface area contributed by atoms with Gasteiger partial charge in [-0.25, -0.2) is 13.6 Å². The molecule has 2 aromatic rings. The fourth-order valence-corrected chi connectivity index (χ4v) is 2.90. The minimum Gasteiger partial charge on any atom is -0.478 e. The van der Waals surface area contributed by atoms with Gasteiger partial charge in [0.2, 0.25) is 0 Å². The maximum absolute atomic E-state index is 13.9. The summed E-state index contributed by atoms with van der Waals surface area (Å²) in [4.78, 5) is 13.1. The molecule has 3 nitrogen and oxygen atoms in total. The molecule has 0 aliphatic rings. The average molecular weight is 318 g/mol. The molecule has 106 valence electrons. The number of hydrogen-bond acceptors (Lipinski definition) is 3. The Kier molecular flexibility index (Phi) is 4.25. The highest BCUT2D eigenvalue weighted by molar-refractivity contribution is 7.16. The number of nitrogens with zero attached hydrogens (tertiary/aromatic N) is 1. The van der Waals surface area contributed by atoms with E-state index < -0.39 is 23.2 Å². The normalized spacial score (nSPS) is 10.6. The molecule has 0 atom stereocenters. The molecule has 1 aromatic heterocycles. The quantitative estimate of drug-likeness (QED) is 0.926. The Balaban J connectivity index is 2.28. The van der Waals surface area contributed by atoms with E-state index in [9.17, 15) is 13.6 Å². The van der Waals surface area contributed by atoms with E-state index in [1.54, 1.807) is 19.2 Å². The van der Waals surface area contributed by atoms with Crippen LogP contribution in [0.4, 0.5) is 14.5 Å². The molecule has 0 aliphatic heterocycles. The van der Waals surface area contributed by atoms with Crippen molar-refractivity contribution >= 4 is 34.6 Å². The van der Waals surface area contributed by atoms with E-state index >= 15 is 0 Å². The Labute approximate surface area is 123 Å². The van der Waals surface area contributed by atoms with E-state index in [0.717, 1.165) is 10.9 Å². The highest BCUT2D eigenvalue weighted by atomic mass is 35.5. The Bertz CT molecular complexity index is 660. The first-order valence-electron chi connectivity index (χ1n) is 5.56. The fraction of sp³-hybridized carbons (Fsp3) is 0.154. The predicted molar refractivity (Wildman–Crippen MR) is 74.8 cm³/mol. The summed E-state index contributed by atoms with van der Waals surface area (Å²) < 4.78 is 28.1. The van der Waals surface area contributed by atoms with Gasteiger partial charge < -0.3 is 10.0 Å². The Hall–Kier alpha value is -1.66. The zero-order valence-electron chi connectivity index (χ0n) is 10.4. The lowest BCUT2D eigenvalue weighted by Crippen LogP contribution is -2.18. The summed E-state index contributed by atoms with van der Waals surface area (Å²) in [7, 11) is 1.59. The van der Waals surface area contributed by atoms with E-state index in [4.69, 9.17) is 16.7 Å². The number of carbonyl (C=O) groups is 1. The van der Waals surface area contributed by atoms with E-state index in [-0.39, 0.29) is 5.69 Å². The standard InChI is InChI=1S/C13H10ClF2NO2S/c1-17(6-7-2-5-10(14)20-7)9-4-3-8(13(18)19)11(15)12(9)16/h2-5H,6H2,1H3,(H,18,19). The molecule has 0 spiro atoms. The van der Waals surface area contributed by atoms with Gasteiger partial charge in [-0.2, -0.15) is 0 Å². The Morgan fingerprint density at radius 3 is 2.55 bits per heavy atom. The zero-order chi connectivity index (χ0) is 14.9. The van der Waals surface area contributed by atoms with Crippen LogP contribution in [0.15, 0.2) is 24.3 Å². The largest absolute Gasteiger partial charge is 0.478 e. The van der Waals surface area contributed by atoms with Crippen LogP contribution < -0.4 is 4.90 Å². The predicted octanol–water partition coefficient (Wildman–Crippen LogP) is 4.01. The molecule has 0 unspecified atom stereocenters. The summed E-state index contributed by atoms with van der Waals surface area (Å²) >= 11 is 7.14. The molecule has 1 heterocycles. The molecule has 1 aromatic carbocycles. The van der Waals surface area contributed by atoms with Crippen molar-refractivity contribution in [2.75, 3.05) is 11.9 Å². The molecule has 1 N–H and O–H groups in total. The van der Waals surface area contributed by atoms with Crippen molar-refractivity contribution in [1.29, 1.82) is 0 Å². The number of carboxylic acid groups (broad SMARTS) is 1. The van der Waals surface area contributed by atoms with Crippen LogP contribution in [0.5, 0.6) is 0 Å². The monoisotopic (exact) mass is 317 g/mol. The topological polar surface area (TPSA) is 40.5 Å². The molecule has 0 radical (unpaired) electrons. The minimum atomic E-state index is -1.50. The van der Waals surface area contributed by atoms with Crippen LogP contribution in [-0.4, -0.2) is 18.1 Å². The van der Waals surface area contributed by atoms with Crippen molar-refractivity contribution in [3.05, 3.63) is 50.7 Å². The zero-order valence-corrected chi connectivity index (χ0v) is 11.9. The van der Waals surface area contributed by atoms with Crippen LogP contribution in [0.25, 0.3) is 0 Å². The molecule has 0 amide bonds. The first kappa shape index (κ1) is 14.7. The highest BCUT2D eigenvalue weighted by Gasteiger charge is 2.20. The number of halogens is 3. The van der Waals surface area contributed by atoms with Crippen LogP contribution in [0.2, 0.25) is 4.34 Å². The van der Waals surface area contributed by atoms with E-state index in [1.807, 2.05) is 0 Å². The number of carboxylic acids is 1. The third-order valence-corrected chi connectivity index (χ3v) is 3.94. The van der Waals surface area contributed by atoms with Crippen LogP contribution in [0, 0.1) is 11.6 Å². The average Bonchev–Trinajstić information content (AvgIpc) is 2.77. The second-order valence-corrected chi connectivity index (χ2v) is 5.93. The second-order valence-electron chi connectivity index (χ2n) is 4.13. The van der Waals surface area contributed by atoms with Crippen molar-refractivity contribution in [2.24, 2.45) is 0 Å². The first-order valence-corrected chi connectivity index (χ1v) is 6.76. The summed E-state index contributed by atoms with van der Waals surface area (Å²) in [5.74, 6) is -4.03. The Morgan fingerprint density at radius 1 is 1.30 bits per heavy atom. The smallest absolute Gasteiger partial charge is 0.338 e. The second kappa shape index (κ2) is 5.76. The fourth-order valence-electron chi connectivity index (χ4n) is 1.75. The number of aromatic carboxylic acids is 1. The van der Waals surface area contributed by atoms with E-state index in [2.05, 4.69) is 0 Å². The molecule has 0 bridgehead atoms. The van der Waals surface area contributed by atoms with Crippen LogP contribution in [-0.2, 0) is 6.54 Å². The van der Waals surface area contributed by atoms with E-state index in [0.29, 0.717) is 10.9 Å². The highest BCUT2D eigenvalue weighted by Crippen LogP contribution is 2.27. The van der Waals surface area contributed by atoms with Gasteiger partial charge in [0.05, 0.1) is 22.1 Å². The SMILES string of the molecule is CN(Cc1ccc(Cl)s1)c1ccc(C(=O)O)c(F)c1F. The van der Waals surface area contributed by atoms with Gasteiger partial charge in [0.1, 0.15) is 0 Å². The summed E-state index contributed by atoms with van der Waals surface area (Å²) in [5, 5.41) is 8.72. The van der Waals surface area contributed by atoms with E-state index in [1.165, 1.54) is 22.3 Å². The van der Waals surface area contributed by atoms with Crippen LogP contribution >= 0.6 is 22.9 Å². The van der Waals surface area contributed by atoms with Gasteiger partial charge >= 0.3 is 5.97 Å². The molecule has 2 rings (SSSR count). The van der Waals surface area contributed by atoms with Gasteiger partial charge in [-0.1, -0.05) is 11.6 Å².